The summed E-state index contributed by atoms with van der Waals surface area (Å²) < 4.78 is 0. The highest BCUT2D eigenvalue weighted by molar-refractivity contribution is 5.85. The van der Waals surface area contributed by atoms with Crippen LogP contribution in [0.15, 0.2) is 12.2 Å². The van der Waals surface area contributed by atoms with E-state index in [4.69, 9.17) is 0 Å². The van der Waals surface area contributed by atoms with Crippen molar-refractivity contribution in [1.29, 1.82) is 0 Å². The number of allylic oxidation sites excluding steroid dienone is 1. The highest BCUT2D eigenvalue weighted by Crippen LogP contribution is 2.77. The number of Topliss-reactive ketones (excluding diaryl/α,β-unsaturated/α-hetero) is 1. The third-order valence-electron chi connectivity index (χ3n) is 13.2. The van der Waals surface area contributed by atoms with Crippen molar-refractivity contribution in [3.63, 3.8) is 0 Å². The monoisotopic (exact) mass is 424 g/mol. The van der Waals surface area contributed by atoms with Crippen molar-refractivity contribution >= 4 is 5.78 Å². The number of rotatable bonds is 1. The van der Waals surface area contributed by atoms with Crippen LogP contribution in [-0.2, 0) is 4.79 Å². The van der Waals surface area contributed by atoms with E-state index in [1.165, 1.54) is 56.9 Å². The molecule has 174 valence electrons. The van der Waals surface area contributed by atoms with Gasteiger partial charge in [0.05, 0.1) is 0 Å². The van der Waals surface area contributed by atoms with Gasteiger partial charge in [-0.1, -0.05) is 53.7 Å². The second kappa shape index (κ2) is 6.50. The largest absolute Gasteiger partial charge is 0.299 e. The lowest BCUT2D eigenvalue weighted by Gasteiger charge is -2.72. The van der Waals surface area contributed by atoms with Crippen LogP contribution in [0.4, 0.5) is 0 Å². The molecule has 1 heteroatoms. The van der Waals surface area contributed by atoms with Crippen LogP contribution in [0.25, 0.3) is 0 Å². The first-order valence-corrected chi connectivity index (χ1v) is 13.5. The highest BCUT2D eigenvalue weighted by atomic mass is 16.1. The highest BCUT2D eigenvalue weighted by Gasteiger charge is 2.70. The van der Waals surface area contributed by atoms with Gasteiger partial charge >= 0.3 is 0 Å². The van der Waals surface area contributed by atoms with Crippen molar-refractivity contribution in [2.45, 2.75) is 113 Å². The molecule has 5 saturated carbocycles. The molecule has 5 aliphatic rings. The Hall–Kier alpha value is -0.590. The van der Waals surface area contributed by atoms with Crippen LogP contribution in [0.5, 0.6) is 0 Å². The number of ketones is 1. The number of carbonyl (C=O) groups excluding carboxylic acids is 1. The molecule has 0 heterocycles. The quantitative estimate of drug-likeness (QED) is 0.387. The molecule has 0 amide bonds. The van der Waals surface area contributed by atoms with Crippen molar-refractivity contribution in [1.82, 2.24) is 0 Å². The van der Waals surface area contributed by atoms with Crippen molar-refractivity contribution in [3.8, 4) is 0 Å². The van der Waals surface area contributed by atoms with E-state index in [9.17, 15) is 4.79 Å². The molecule has 0 radical (unpaired) electrons. The molecule has 0 aliphatic heterocycles. The Morgan fingerprint density at radius 1 is 0.806 bits per heavy atom. The molecular formula is C30H48O. The number of fused-ring (bicyclic) bond motifs is 7. The summed E-state index contributed by atoms with van der Waals surface area (Å²) in [5.74, 6) is 4.33. The van der Waals surface area contributed by atoms with E-state index in [1.54, 1.807) is 0 Å². The Bertz CT molecular complexity index is 807. The van der Waals surface area contributed by atoms with Gasteiger partial charge in [-0.25, -0.2) is 0 Å². The first-order valence-electron chi connectivity index (χ1n) is 13.5. The Morgan fingerprint density at radius 3 is 2.19 bits per heavy atom. The Labute approximate surface area is 192 Å². The van der Waals surface area contributed by atoms with Gasteiger partial charge in [-0.05, 0) is 116 Å². The fourth-order valence-electron chi connectivity index (χ4n) is 11.3. The van der Waals surface area contributed by atoms with E-state index in [1.807, 2.05) is 0 Å². The molecule has 5 aliphatic carbocycles. The number of carbonyl (C=O) groups is 1. The maximum absolute atomic E-state index is 12.9. The van der Waals surface area contributed by atoms with Crippen LogP contribution in [-0.4, -0.2) is 5.78 Å². The summed E-state index contributed by atoms with van der Waals surface area (Å²) in [7, 11) is 0. The van der Waals surface area contributed by atoms with Crippen LogP contribution in [0, 0.1) is 56.7 Å². The summed E-state index contributed by atoms with van der Waals surface area (Å²) in [5, 5.41) is 0. The summed E-state index contributed by atoms with van der Waals surface area (Å²) >= 11 is 0. The molecule has 0 bridgehead atoms. The van der Waals surface area contributed by atoms with Gasteiger partial charge < -0.3 is 0 Å². The lowest BCUT2D eigenvalue weighted by Crippen LogP contribution is -2.66. The van der Waals surface area contributed by atoms with Crippen molar-refractivity contribution in [2.75, 3.05) is 0 Å². The fourth-order valence-corrected chi connectivity index (χ4v) is 11.3. The second-order valence-corrected chi connectivity index (χ2v) is 14.5. The van der Waals surface area contributed by atoms with Gasteiger partial charge in [0, 0.05) is 11.8 Å². The van der Waals surface area contributed by atoms with Crippen molar-refractivity contribution in [2.24, 2.45) is 56.7 Å². The predicted octanol–water partition coefficient (Wildman–Crippen LogP) is 8.23. The Kier molecular flexibility index (Phi) is 4.66. The van der Waals surface area contributed by atoms with Gasteiger partial charge in [0.2, 0.25) is 0 Å². The standard InChI is InChI=1S/C30H48O/c1-19(2)20-11-14-27(5)17-18-29(7)21(25(20)27)9-10-23-28(6)15-13-24(31)26(3,4)22(28)12-16-30(23,29)8/h20-23,25H,1,9-18H2,2-8H3/t20?,21?,22?,23?,25?,27?,28?,29-,30?/m1/s1. The summed E-state index contributed by atoms with van der Waals surface area (Å²) in [6, 6.07) is 0. The first-order chi connectivity index (χ1) is 14.3. The third kappa shape index (κ3) is 2.59. The molecule has 8 unspecified atom stereocenters. The molecule has 0 aromatic carbocycles. The molecule has 5 fully saturated rings. The minimum atomic E-state index is -0.131. The summed E-state index contributed by atoms with van der Waals surface area (Å²) in [6.45, 7) is 22.0. The zero-order chi connectivity index (χ0) is 22.6. The molecule has 0 aromatic heterocycles. The Balaban J connectivity index is 1.55. The van der Waals surface area contributed by atoms with E-state index < -0.39 is 0 Å². The second-order valence-electron chi connectivity index (χ2n) is 14.5. The van der Waals surface area contributed by atoms with E-state index in [-0.39, 0.29) is 5.41 Å². The van der Waals surface area contributed by atoms with Crippen LogP contribution in [0.1, 0.15) is 113 Å². The minimum absolute atomic E-state index is 0.131. The van der Waals surface area contributed by atoms with E-state index in [0.29, 0.717) is 33.4 Å². The third-order valence-corrected chi connectivity index (χ3v) is 13.2. The van der Waals surface area contributed by atoms with Crippen LogP contribution >= 0.6 is 0 Å². The molecule has 0 N–H and O–H groups in total. The zero-order valence-electron chi connectivity index (χ0n) is 21.6. The summed E-state index contributed by atoms with van der Waals surface area (Å²) in [5.41, 5.74) is 3.06. The van der Waals surface area contributed by atoms with Crippen molar-refractivity contribution in [3.05, 3.63) is 12.2 Å². The molecular weight excluding hydrogens is 376 g/mol. The van der Waals surface area contributed by atoms with Crippen LogP contribution in [0.3, 0.4) is 0 Å². The first kappa shape index (κ1) is 22.2. The summed E-state index contributed by atoms with van der Waals surface area (Å²) in [6.07, 6.45) is 13.0. The molecule has 1 nitrogen and oxygen atoms in total. The fraction of sp³-hybridized carbons (Fsp3) is 0.900. The normalized spacial score (nSPS) is 55.6. The van der Waals surface area contributed by atoms with E-state index in [2.05, 4.69) is 55.0 Å². The van der Waals surface area contributed by atoms with Gasteiger partial charge in [-0.3, -0.25) is 4.79 Å². The van der Waals surface area contributed by atoms with Gasteiger partial charge in [-0.2, -0.15) is 0 Å². The molecule has 0 saturated heterocycles. The van der Waals surface area contributed by atoms with E-state index >= 15 is 0 Å². The average Bonchev–Trinajstić information content (AvgIpc) is 3.04. The lowest BCUT2D eigenvalue weighted by atomic mass is 9.32. The molecule has 0 aromatic rings. The number of hydrogen-bond donors (Lipinski definition) is 0. The van der Waals surface area contributed by atoms with Crippen molar-refractivity contribution < 1.29 is 4.79 Å². The molecule has 9 atom stereocenters. The molecule has 5 rings (SSSR count). The average molecular weight is 425 g/mol. The molecule has 0 spiro atoms. The predicted molar refractivity (Wildman–Crippen MR) is 130 cm³/mol. The molecule has 31 heavy (non-hydrogen) atoms. The Morgan fingerprint density at radius 2 is 1.52 bits per heavy atom. The maximum atomic E-state index is 12.9. The van der Waals surface area contributed by atoms with Gasteiger partial charge in [0.15, 0.2) is 0 Å². The zero-order valence-corrected chi connectivity index (χ0v) is 21.6. The van der Waals surface area contributed by atoms with E-state index in [0.717, 1.165) is 36.5 Å². The van der Waals surface area contributed by atoms with Crippen LogP contribution < -0.4 is 0 Å². The summed E-state index contributed by atoms with van der Waals surface area (Å²) in [4.78, 5) is 12.9. The SMILES string of the molecule is C=C(C)C1CCC2(C)CC[C@]3(C)C(CCC4C5(C)CCC(=O)C(C)(C)C5CCC43C)C12. The number of hydrogen-bond acceptors (Lipinski definition) is 1. The van der Waals surface area contributed by atoms with Gasteiger partial charge in [0.1, 0.15) is 5.78 Å². The maximum Gasteiger partial charge on any atom is 0.138 e. The van der Waals surface area contributed by atoms with Gasteiger partial charge in [0.25, 0.3) is 0 Å². The van der Waals surface area contributed by atoms with Crippen LogP contribution in [0.2, 0.25) is 0 Å². The smallest absolute Gasteiger partial charge is 0.138 e. The minimum Gasteiger partial charge on any atom is -0.299 e. The topological polar surface area (TPSA) is 17.1 Å². The van der Waals surface area contributed by atoms with Gasteiger partial charge in [-0.15, -0.1) is 0 Å². The lowest BCUT2D eigenvalue weighted by molar-refractivity contribution is -0.232.